The Morgan fingerprint density at radius 2 is 2.00 bits per heavy atom. The van der Waals surface area contributed by atoms with Gasteiger partial charge in [-0.05, 0) is 37.5 Å². The standard InChI is InChI=1S/C14H22N2O4S/c1-10-7-12(20-2)13(8-11(10)15)21(18,19)16-9-14(17)5-3-4-6-14/h7-8,16-17H,3-6,9,15H2,1-2H3. The molecule has 4 N–H and O–H groups in total. The minimum Gasteiger partial charge on any atom is -0.495 e. The lowest BCUT2D eigenvalue weighted by molar-refractivity contribution is 0.0531. The van der Waals surface area contributed by atoms with Crippen LogP contribution in [-0.4, -0.2) is 32.8 Å². The second-order valence-corrected chi connectivity index (χ2v) is 7.35. The first-order chi connectivity index (χ1) is 9.77. The van der Waals surface area contributed by atoms with Crippen LogP contribution in [0.2, 0.25) is 0 Å². The van der Waals surface area contributed by atoms with Crippen LogP contribution >= 0.6 is 0 Å². The van der Waals surface area contributed by atoms with Crippen molar-refractivity contribution in [2.45, 2.75) is 43.1 Å². The molecule has 0 saturated heterocycles. The average molecular weight is 314 g/mol. The van der Waals surface area contributed by atoms with Crippen molar-refractivity contribution in [1.29, 1.82) is 0 Å². The lowest BCUT2D eigenvalue weighted by Crippen LogP contribution is -2.40. The summed E-state index contributed by atoms with van der Waals surface area (Å²) in [4.78, 5) is -0.00491. The van der Waals surface area contributed by atoms with Crippen molar-refractivity contribution in [3.8, 4) is 5.75 Å². The number of hydrogen-bond donors (Lipinski definition) is 3. The molecule has 7 heteroatoms. The predicted octanol–water partition coefficient (Wildman–Crippen LogP) is 1.17. The number of sulfonamides is 1. The Morgan fingerprint density at radius 3 is 2.57 bits per heavy atom. The molecule has 0 bridgehead atoms. The van der Waals surface area contributed by atoms with Crippen LogP contribution in [0.1, 0.15) is 31.2 Å². The predicted molar refractivity (Wildman–Crippen MR) is 80.7 cm³/mol. The molecule has 118 valence electrons. The minimum absolute atomic E-state index is 0.00491. The third kappa shape index (κ3) is 3.48. The van der Waals surface area contributed by atoms with Gasteiger partial charge in [0.1, 0.15) is 10.6 Å². The van der Waals surface area contributed by atoms with E-state index in [-0.39, 0.29) is 17.2 Å². The minimum atomic E-state index is -3.78. The van der Waals surface area contributed by atoms with Gasteiger partial charge in [0.2, 0.25) is 10.0 Å². The Morgan fingerprint density at radius 1 is 1.38 bits per heavy atom. The van der Waals surface area contributed by atoms with Crippen molar-refractivity contribution in [2.24, 2.45) is 0 Å². The molecule has 1 aromatic carbocycles. The third-order valence-electron chi connectivity index (χ3n) is 3.97. The second-order valence-electron chi connectivity index (χ2n) is 5.62. The Kier molecular flexibility index (Phi) is 4.46. The maximum Gasteiger partial charge on any atom is 0.244 e. The number of aryl methyl sites for hydroxylation is 1. The lowest BCUT2D eigenvalue weighted by Gasteiger charge is -2.22. The van der Waals surface area contributed by atoms with Gasteiger partial charge >= 0.3 is 0 Å². The molecule has 0 atom stereocenters. The van der Waals surface area contributed by atoms with Gasteiger partial charge in [-0.25, -0.2) is 13.1 Å². The van der Waals surface area contributed by atoms with E-state index in [1.54, 1.807) is 13.0 Å². The number of ether oxygens (including phenoxy) is 1. The van der Waals surface area contributed by atoms with Crippen LogP contribution in [0.4, 0.5) is 5.69 Å². The number of nitrogens with two attached hydrogens (primary N) is 1. The van der Waals surface area contributed by atoms with Crippen LogP contribution in [0.15, 0.2) is 17.0 Å². The molecule has 6 nitrogen and oxygen atoms in total. The van der Waals surface area contributed by atoms with Gasteiger partial charge in [0.15, 0.2) is 0 Å². The highest BCUT2D eigenvalue weighted by atomic mass is 32.2. The van der Waals surface area contributed by atoms with Crippen molar-refractivity contribution in [2.75, 3.05) is 19.4 Å². The number of aliphatic hydroxyl groups is 1. The fourth-order valence-corrected chi connectivity index (χ4v) is 3.87. The zero-order valence-electron chi connectivity index (χ0n) is 12.3. The number of methoxy groups -OCH3 is 1. The smallest absolute Gasteiger partial charge is 0.244 e. The molecule has 0 spiro atoms. The zero-order chi connectivity index (χ0) is 15.7. The average Bonchev–Trinajstić information content (AvgIpc) is 2.87. The summed E-state index contributed by atoms with van der Waals surface area (Å²) >= 11 is 0. The van der Waals surface area contributed by atoms with E-state index in [1.807, 2.05) is 0 Å². The molecule has 0 unspecified atom stereocenters. The van der Waals surface area contributed by atoms with Gasteiger partial charge in [0.25, 0.3) is 0 Å². The van der Waals surface area contributed by atoms with Crippen molar-refractivity contribution >= 4 is 15.7 Å². The molecule has 1 aromatic rings. The number of nitrogen functional groups attached to an aromatic ring is 1. The van der Waals surface area contributed by atoms with Crippen molar-refractivity contribution in [3.63, 3.8) is 0 Å². The Labute approximate surface area is 125 Å². The molecule has 1 aliphatic rings. The zero-order valence-corrected chi connectivity index (χ0v) is 13.2. The summed E-state index contributed by atoms with van der Waals surface area (Å²) in [6, 6.07) is 2.98. The van der Waals surface area contributed by atoms with Gasteiger partial charge in [0, 0.05) is 12.2 Å². The van der Waals surface area contributed by atoms with Crippen LogP contribution in [0.3, 0.4) is 0 Å². The maximum absolute atomic E-state index is 12.4. The van der Waals surface area contributed by atoms with Crippen LogP contribution in [-0.2, 0) is 10.0 Å². The lowest BCUT2D eigenvalue weighted by atomic mass is 10.0. The van der Waals surface area contributed by atoms with Crippen LogP contribution in [0.5, 0.6) is 5.75 Å². The molecule has 2 rings (SSSR count). The van der Waals surface area contributed by atoms with Crippen molar-refractivity contribution in [1.82, 2.24) is 4.72 Å². The highest BCUT2D eigenvalue weighted by Gasteiger charge is 2.33. The highest BCUT2D eigenvalue weighted by Crippen LogP contribution is 2.31. The van der Waals surface area contributed by atoms with Crippen LogP contribution in [0.25, 0.3) is 0 Å². The Hall–Kier alpha value is -1.31. The normalized spacial score (nSPS) is 17.9. The maximum atomic E-state index is 12.4. The molecule has 0 aromatic heterocycles. The second kappa shape index (κ2) is 5.82. The highest BCUT2D eigenvalue weighted by molar-refractivity contribution is 7.89. The quantitative estimate of drug-likeness (QED) is 0.708. The summed E-state index contributed by atoms with van der Waals surface area (Å²) in [5.74, 6) is 0.243. The number of nitrogens with one attached hydrogen (secondary N) is 1. The fraction of sp³-hybridized carbons (Fsp3) is 0.571. The summed E-state index contributed by atoms with van der Waals surface area (Å²) in [5.41, 5.74) is 5.98. The first-order valence-corrected chi connectivity index (χ1v) is 8.42. The van der Waals surface area contributed by atoms with E-state index in [0.717, 1.165) is 18.4 Å². The van der Waals surface area contributed by atoms with Gasteiger partial charge in [-0.2, -0.15) is 0 Å². The molecule has 0 amide bonds. The van der Waals surface area contributed by atoms with E-state index in [9.17, 15) is 13.5 Å². The van der Waals surface area contributed by atoms with Gasteiger partial charge in [-0.15, -0.1) is 0 Å². The van der Waals surface area contributed by atoms with Gasteiger partial charge < -0.3 is 15.6 Å². The van der Waals surface area contributed by atoms with Crippen molar-refractivity contribution < 1.29 is 18.3 Å². The molecule has 0 aliphatic heterocycles. The van der Waals surface area contributed by atoms with Crippen LogP contribution in [0, 0.1) is 6.92 Å². The Bertz CT molecular complexity index is 622. The summed E-state index contributed by atoms with van der Waals surface area (Å²) in [6.45, 7) is 1.79. The summed E-state index contributed by atoms with van der Waals surface area (Å²) in [6.07, 6.45) is 3.06. The van der Waals surface area contributed by atoms with E-state index in [1.165, 1.54) is 13.2 Å². The summed E-state index contributed by atoms with van der Waals surface area (Å²) in [5, 5.41) is 10.2. The Balaban J connectivity index is 2.25. The van der Waals surface area contributed by atoms with E-state index in [4.69, 9.17) is 10.5 Å². The number of benzene rings is 1. The number of hydrogen-bond acceptors (Lipinski definition) is 5. The van der Waals surface area contributed by atoms with E-state index in [0.29, 0.717) is 18.5 Å². The van der Waals surface area contributed by atoms with E-state index < -0.39 is 15.6 Å². The van der Waals surface area contributed by atoms with Crippen LogP contribution < -0.4 is 15.2 Å². The van der Waals surface area contributed by atoms with Gasteiger partial charge in [0.05, 0.1) is 12.7 Å². The van der Waals surface area contributed by atoms with Gasteiger partial charge in [-0.3, -0.25) is 0 Å². The summed E-state index contributed by atoms with van der Waals surface area (Å²) < 4.78 is 32.4. The molecule has 1 saturated carbocycles. The number of rotatable bonds is 5. The molecule has 0 heterocycles. The first-order valence-electron chi connectivity index (χ1n) is 6.94. The van der Waals surface area contributed by atoms with Crippen molar-refractivity contribution in [3.05, 3.63) is 17.7 Å². The first kappa shape index (κ1) is 16.1. The van der Waals surface area contributed by atoms with E-state index >= 15 is 0 Å². The molecule has 21 heavy (non-hydrogen) atoms. The molecular weight excluding hydrogens is 292 g/mol. The fourth-order valence-electron chi connectivity index (χ4n) is 2.56. The number of anilines is 1. The third-order valence-corrected chi connectivity index (χ3v) is 5.39. The molecule has 1 fully saturated rings. The van der Waals surface area contributed by atoms with E-state index in [2.05, 4.69) is 4.72 Å². The largest absolute Gasteiger partial charge is 0.495 e. The summed E-state index contributed by atoms with van der Waals surface area (Å²) in [7, 11) is -2.37. The van der Waals surface area contributed by atoms with Gasteiger partial charge in [-0.1, -0.05) is 12.8 Å². The molecular formula is C14H22N2O4S. The topological polar surface area (TPSA) is 102 Å². The monoisotopic (exact) mass is 314 g/mol. The molecule has 1 aliphatic carbocycles. The molecule has 0 radical (unpaired) electrons. The SMILES string of the molecule is COc1cc(C)c(N)cc1S(=O)(=O)NCC1(O)CCCC1.